The monoisotopic (exact) mass is 455 g/mol. The van der Waals surface area contributed by atoms with E-state index in [1.54, 1.807) is 0 Å². The standard InChI is InChI=1S/C19H22BrNO7/c20-13-8-12(9-21-10-13)17(25)19(18(26)27,7-6-16(23)24)15(22)11-28-14-4-2-1-3-5-14/h8-10,14H,1-7,11H2,(H,23,24)(H,26,27). The van der Waals surface area contributed by atoms with E-state index >= 15 is 0 Å². The molecule has 28 heavy (non-hydrogen) atoms. The Labute approximate surface area is 170 Å². The second kappa shape index (κ2) is 9.88. The third-order valence-corrected chi connectivity index (χ3v) is 5.35. The van der Waals surface area contributed by atoms with Crippen LogP contribution >= 0.6 is 15.9 Å². The maximum Gasteiger partial charge on any atom is 0.325 e. The number of rotatable bonds is 10. The molecular formula is C19H22BrNO7. The normalized spacial score (nSPS) is 16.9. The van der Waals surface area contributed by atoms with Crippen molar-refractivity contribution in [3.63, 3.8) is 0 Å². The number of pyridine rings is 1. The molecule has 1 heterocycles. The van der Waals surface area contributed by atoms with Gasteiger partial charge in [0.25, 0.3) is 0 Å². The van der Waals surface area contributed by atoms with Gasteiger partial charge in [0.2, 0.25) is 0 Å². The van der Waals surface area contributed by atoms with Gasteiger partial charge >= 0.3 is 11.9 Å². The zero-order valence-corrected chi connectivity index (χ0v) is 16.8. The van der Waals surface area contributed by atoms with Crippen LogP contribution in [0.25, 0.3) is 0 Å². The van der Waals surface area contributed by atoms with Gasteiger partial charge in [0.1, 0.15) is 6.61 Å². The lowest BCUT2D eigenvalue weighted by atomic mass is 9.73. The summed E-state index contributed by atoms with van der Waals surface area (Å²) in [6.45, 7) is -0.552. The number of Topliss-reactive ketones (excluding diaryl/α,β-unsaturated/α-hetero) is 2. The molecule has 9 heteroatoms. The molecule has 1 atom stereocenters. The van der Waals surface area contributed by atoms with Crippen molar-refractivity contribution < 1.29 is 34.1 Å². The Bertz CT molecular complexity index is 760. The minimum Gasteiger partial charge on any atom is -0.481 e. The van der Waals surface area contributed by atoms with Crippen LogP contribution in [0.2, 0.25) is 0 Å². The van der Waals surface area contributed by atoms with E-state index in [1.165, 1.54) is 12.3 Å². The topological polar surface area (TPSA) is 131 Å². The van der Waals surface area contributed by atoms with E-state index in [9.17, 15) is 24.3 Å². The predicted octanol–water partition coefficient (Wildman–Crippen LogP) is 2.88. The van der Waals surface area contributed by atoms with Crippen LogP contribution in [0.3, 0.4) is 0 Å². The summed E-state index contributed by atoms with van der Waals surface area (Å²) >= 11 is 3.15. The number of carbonyl (C=O) groups is 4. The lowest BCUT2D eigenvalue weighted by Gasteiger charge is -2.28. The van der Waals surface area contributed by atoms with Crippen LogP contribution in [0.4, 0.5) is 0 Å². The Kier molecular flexibility index (Phi) is 7.82. The molecule has 1 saturated carbocycles. The second-order valence-corrected chi connectivity index (χ2v) is 7.74. The molecule has 0 saturated heterocycles. The molecular weight excluding hydrogens is 434 g/mol. The van der Waals surface area contributed by atoms with E-state index in [0.29, 0.717) is 4.47 Å². The molecule has 0 aromatic carbocycles. The van der Waals surface area contributed by atoms with E-state index in [2.05, 4.69) is 20.9 Å². The number of carboxylic acids is 2. The van der Waals surface area contributed by atoms with Gasteiger partial charge in [-0.1, -0.05) is 19.3 Å². The maximum atomic E-state index is 13.1. The van der Waals surface area contributed by atoms with Gasteiger partial charge in [-0.25, -0.2) is 0 Å². The Hall–Kier alpha value is -2.13. The first-order chi connectivity index (χ1) is 13.3. The lowest BCUT2D eigenvalue weighted by Crippen LogP contribution is -2.49. The average Bonchev–Trinajstić information content (AvgIpc) is 2.67. The van der Waals surface area contributed by atoms with Crippen molar-refractivity contribution >= 4 is 39.4 Å². The fraction of sp³-hybridized carbons (Fsp3) is 0.526. The second-order valence-electron chi connectivity index (χ2n) is 6.82. The first-order valence-electron chi connectivity index (χ1n) is 9.03. The van der Waals surface area contributed by atoms with Crippen LogP contribution in [-0.4, -0.2) is 51.4 Å². The van der Waals surface area contributed by atoms with Crippen molar-refractivity contribution in [2.45, 2.75) is 51.0 Å². The van der Waals surface area contributed by atoms with Gasteiger partial charge in [0, 0.05) is 28.9 Å². The molecule has 1 unspecified atom stereocenters. The molecule has 0 aliphatic heterocycles. The Morgan fingerprint density at radius 2 is 1.82 bits per heavy atom. The highest BCUT2D eigenvalue weighted by molar-refractivity contribution is 9.10. The van der Waals surface area contributed by atoms with Gasteiger partial charge in [0.15, 0.2) is 17.0 Å². The number of halogens is 1. The molecule has 8 nitrogen and oxygen atoms in total. The van der Waals surface area contributed by atoms with E-state index in [-0.39, 0.29) is 11.7 Å². The summed E-state index contributed by atoms with van der Waals surface area (Å²) in [5, 5.41) is 18.8. The molecule has 1 aliphatic rings. The molecule has 0 amide bonds. The number of aromatic nitrogens is 1. The molecule has 1 aliphatic carbocycles. The van der Waals surface area contributed by atoms with Gasteiger partial charge in [-0.15, -0.1) is 0 Å². The van der Waals surface area contributed by atoms with Crippen molar-refractivity contribution in [1.29, 1.82) is 0 Å². The number of carbonyl (C=O) groups excluding carboxylic acids is 2. The summed E-state index contributed by atoms with van der Waals surface area (Å²) in [5.41, 5.74) is -2.62. The summed E-state index contributed by atoms with van der Waals surface area (Å²) in [5.74, 6) is -4.92. The largest absolute Gasteiger partial charge is 0.481 e. The zero-order valence-electron chi connectivity index (χ0n) is 15.2. The summed E-state index contributed by atoms with van der Waals surface area (Å²) in [6.07, 6.45) is 5.65. The molecule has 0 spiro atoms. The lowest BCUT2D eigenvalue weighted by molar-refractivity contribution is -0.155. The van der Waals surface area contributed by atoms with Gasteiger partial charge < -0.3 is 14.9 Å². The van der Waals surface area contributed by atoms with Gasteiger partial charge in [-0.05, 0) is 41.3 Å². The summed E-state index contributed by atoms with van der Waals surface area (Å²) in [7, 11) is 0. The first-order valence-corrected chi connectivity index (χ1v) is 9.82. The SMILES string of the molecule is O=C(O)CCC(C(=O)O)(C(=O)COC1CCCCC1)C(=O)c1cncc(Br)c1. The van der Waals surface area contributed by atoms with Gasteiger partial charge in [-0.3, -0.25) is 24.2 Å². The first kappa shape index (κ1) is 22.2. The Balaban J connectivity index is 2.32. The molecule has 1 fully saturated rings. The van der Waals surface area contributed by atoms with Crippen molar-refractivity contribution in [2.75, 3.05) is 6.61 Å². The Morgan fingerprint density at radius 3 is 2.39 bits per heavy atom. The smallest absolute Gasteiger partial charge is 0.325 e. The molecule has 2 rings (SSSR count). The number of ketones is 2. The molecule has 152 valence electrons. The number of nitrogens with zero attached hydrogens (tertiary/aromatic N) is 1. The highest BCUT2D eigenvalue weighted by Gasteiger charge is 2.53. The minimum absolute atomic E-state index is 0.0896. The van der Waals surface area contributed by atoms with Crippen molar-refractivity contribution in [1.82, 2.24) is 4.98 Å². The summed E-state index contributed by atoms with van der Waals surface area (Å²) in [6, 6.07) is 1.35. The third-order valence-electron chi connectivity index (χ3n) is 4.91. The molecule has 1 aromatic rings. The van der Waals surface area contributed by atoms with Gasteiger partial charge in [-0.2, -0.15) is 0 Å². The summed E-state index contributed by atoms with van der Waals surface area (Å²) < 4.78 is 6.01. The number of carboxylic acid groups (broad SMARTS) is 2. The highest BCUT2D eigenvalue weighted by Crippen LogP contribution is 2.32. The molecule has 1 aromatic heterocycles. The fourth-order valence-electron chi connectivity index (χ4n) is 3.33. The fourth-order valence-corrected chi connectivity index (χ4v) is 3.69. The molecule has 0 radical (unpaired) electrons. The van der Waals surface area contributed by atoms with Crippen LogP contribution in [-0.2, 0) is 19.1 Å². The van der Waals surface area contributed by atoms with Crippen LogP contribution in [0.15, 0.2) is 22.9 Å². The van der Waals surface area contributed by atoms with Crippen LogP contribution in [0.5, 0.6) is 0 Å². The van der Waals surface area contributed by atoms with Crippen LogP contribution in [0, 0.1) is 5.41 Å². The third kappa shape index (κ3) is 5.23. The van der Waals surface area contributed by atoms with E-state index < -0.39 is 48.4 Å². The highest BCUT2D eigenvalue weighted by atomic mass is 79.9. The Morgan fingerprint density at radius 1 is 1.14 bits per heavy atom. The van der Waals surface area contributed by atoms with Crippen LogP contribution < -0.4 is 0 Å². The van der Waals surface area contributed by atoms with E-state index in [1.807, 2.05) is 0 Å². The van der Waals surface area contributed by atoms with E-state index in [0.717, 1.165) is 38.3 Å². The number of hydrogen-bond donors (Lipinski definition) is 2. The zero-order chi connectivity index (χ0) is 20.7. The predicted molar refractivity (Wildman–Crippen MR) is 101 cm³/mol. The quantitative estimate of drug-likeness (QED) is 0.406. The van der Waals surface area contributed by atoms with Crippen molar-refractivity contribution in [2.24, 2.45) is 5.41 Å². The number of ether oxygens (including phenoxy) is 1. The van der Waals surface area contributed by atoms with Gasteiger partial charge in [0.05, 0.1) is 6.10 Å². The maximum absolute atomic E-state index is 13.1. The van der Waals surface area contributed by atoms with E-state index in [4.69, 9.17) is 9.84 Å². The van der Waals surface area contributed by atoms with Crippen molar-refractivity contribution in [3.8, 4) is 0 Å². The number of aliphatic carboxylic acids is 2. The minimum atomic E-state index is -2.53. The molecule has 0 bridgehead atoms. The molecule has 2 N–H and O–H groups in total. The van der Waals surface area contributed by atoms with Crippen molar-refractivity contribution in [3.05, 3.63) is 28.5 Å². The average molecular weight is 456 g/mol. The number of hydrogen-bond acceptors (Lipinski definition) is 6. The summed E-state index contributed by atoms with van der Waals surface area (Å²) in [4.78, 5) is 52.9. The van der Waals surface area contributed by atoms with Crippen LogP contribution in [0.1, 0.15) is 55.3 Å².